The van der Waals surface area contributed by atoms with Crippen LogP contribution in [0.4, 0.5) is 0 Å². The van der Waals surface area contributed by atoms with E-state index in [9.17, 15) is 0 Å². The molecule has 6 nitrogen and oxygen atoms in total. The summed E-state index contributed by atoms with van der Waals surface area (Å²) in [6, 6.07) is 0. The van der Waals surface area contributed by atoms with Crippen LogP contribution in [0.15, 0.2) is 0 Å². The molecule has 6 heteroatoms. The molecule has 0 rings (SSSR count). The molecule has 0 aliphatic rings. The molecule has 0 aromatic rings. The van der Waals surface area contributed by atoms with E-state index in [2.05, 4.69) is 0 Å². The standard InChI is InChI=1S/C7H16O4.C6H14O2/c1-9-4-5-11-7-6-10-3-2-8;1-5(7)4-6(2,3)8/h8H,2-7H2,1H3;5,7-8H,4H2,1-3H3. The molecule has 3 N–H and O–H groups in total. The zero-order chi connectivity index (χ0) is 15.1. The number of aliphatic hydroxyl groups excluding tert-OH is 2. The summed E-state index contributed by atoms with van der Waals surface area (Å²) in [6.07, 6.45) is 0.0301. The molecule has 1 atom stereocenters. The Morgan fingerprint density at radius 1 is 1.00 bits per heavy atom. The average molecular weight is 282 g/mol. The van der Waals surface area contributed by atoms with E-state index in [1.807, 2.05) is 0 Å². The first kappa shape index (κ1) is 21.1. The maximum Gasteiger partial charge on any atom is 0.0701 e. The third kappa shape index (κ3) is 27.1. The van der Waals surface area contributed by atoms with Crippen molar-refractivity contribution in [3.8, 4) is 0 Å². The number of methoxy groups -OCH3 is 1. The summed E-state index contributed by atoms with van der Waals surface area (Å²) >= 11 is 0. The van der Waals surface area contributed by atoms with Gasteiger partial charge in [0, 0.05) is 13.5 Å². The van der Waals surface area contributed by atoms with Crippen molar-refractivity contribution in [1.29, 1.82) is 0 Å². The van der Waals surface area contributed by atoms with E-state index in [1.54, 1.807) is 27.9 Å². The Bertz CT molecular complexity index is 159. The summed E-state index contributed by atoms with van der Waals surface area (Å²) in [4.78, 5) is 0. The average Bonchev–Trinajstić information content (AvgIpc) is 2.25. The lowest BCUT2D eigenvalue weighted by molar-refractivity contribution is 0.0159. The lowest BCUT2D eigenvalue weighted by atomic mass is 10.0. The van der Waals surface area contributed by atoms with Crippen LogP contribution in [-0.4, -0.2) is 73.8 Å². The fourth-order valence-corrected chi connectivity index (χ4v) is 1.25. The summed E-state index contributed by atoms with van der Waals surface area (Å²) in [5, 5.41) is 26.1. The highest BCUT2D eigenvalue weighted by atomic mass is 16.5. The normalized spacial score (nSPS) is 12.8. The molecule has 19 heavy (non-hydrogen) atoms. The van der Waals surface area contributed by atoms with Gasteiger partial charge in [-0.25, -0.2) is 0 Å². The van der Waals surface area contributed by atoms with Gasteiger partial charge in [-0.15, -0.1) is 0 Å². The number of ether oxygens (including phenoxy) is 3. The number of aliphatic hydroxyl groups is 3. The maximum atomic E-state index is 9.03. The van der Waals surface area contributed by atoms with Crippen LogP contribution in [-0.2, 0) is 14.2 Å². The van der Waals surface area contributed by atoms with Gasteiger partial charge in [0.15, 0.2) is 0 Å². The molecule has 0 aliphatic carbocycles. The van der Waals surface area contributed by atoms with Gasteiger partial charge < -0.3 is 29.5 Å². The first-order chi connectivity index (χ1) is 8.83. The summed E-state index contributed by atoms with van der Waals surface area (Å²) in [7, 11) is 1.63. The summed E-state index contributed by atoms with van der Waals surface area (Å²) in [5.41, 5.74) is -0.728. The highest BCUT2D eigenvalue weighted by molar-refractivity contribution is 4.67. The van der Waals surface area contributed by atoms with Gasteiger partial charge >= 0.3 is 0 Å². The minimum atomic E-state index is -0.728. The Balaban J connectivity index is 0. The van der Waals surface area contributed by atoms with Crippen molar-refractivity contribution in [2.75, 3.05) is 46.8 Å². The van der Waals surface area contributed by atoms with E-state index in [-0.39, 0.29) is 6.61 Å². The fourth-order valence-electron chi connectivity index (χ4n) is 1.25. The quantitative estimate of drug-likeness (QED) is 0.496. The van der Waals surface area contributed by atoms with E-state index in [1.165, 1.54) is 0 Å². The molecule has 0 saturated heterocycles. The van der Waals surface area contributed by atoms with Crippen LogP contribution in [0.25, 0.3) is 0 Å². The van der Waals surface area contributed by atoms with Crippen LogP contribution in [0.1, 0.15) is 27.2 Å². The fraction of sp³-hybridized carbons (Fsp3) is 1.00. The lowest BCUT2D eigenvalue weighted by Crippen LogP contribution is -2.24. The van der Waals surface area contributed by atoms with Gasteiger partial charge in [0.1, 0.15) is 0 Å². The van der Waals surface area contributed by atoms with E-state index < -0.39 is 11.7 Å². The van der Waals surface area contributed by atoms with Crippen molar-refractivity contribution in [1.82, 2.24) is 0 Å². The lowest BCUT2D eigenvalue weighted by Gasteiger charge is -2.17. The van der Waals surface area contributed by atoms with E-state index >= 15 is 0 Å². The van der Waals surface area contributed by atoms with Crippen LogP contribution < -0.4 is 0 Å². The van der Waals surface area contributed by atoms with E-state index in [4.69, 9.17) is 29.5 Å². The molecule has 0 aromatic heterocycles. The Kier molecular flexibility index (Phi) is 15.7. The second-order valence-electron chi connectivity index (χ2n) is 4.81. The topological polar surface area (TPSA) is 88.4 Å². The van der Waals surface area contributed by atoms with Crippen molar-refractivity contribution in [2.24, 2.45) is 0 Å². The molecule has 0 spiro atoms. The molecule has 0 radical (unpaired) electrons. The molecule has 0 bridgehead atoms. The maximum absolute atomic E-state index is 9.03. The van der Waals surface area contributed by atoms with Crippen LogP contribution in [0.5, 0.6) is 0 Å². The minimum absolute atomic E-state index is 0.0675. The Hall–Kier alpha value is -0.240. The van der Waals surface area contributed by atoms with Crippen molar-refractivity contribution in [3.05, 3.63) is 0 Å². The Morgan fingerprint density at radius 2 is 1.47 bits per heavy atom. The molecule has 118 valence electrons. The molecule has 0 heterocycles. The third-order valence-electron chi connectivity index (χ3n) is 1.83. The van der Waals surface area contributed by atoms with Gasteiger partial charge in [-0.1, -0.05) is 0 Å². The molecule has 1 unspecified atom stereocenters. The largest absolute Gasteiger partial charge is 0.394 e. The van der Waals surface area contributed by atoms with Crippen molar-refractivity contribution >= 4 is 0 Å². The van der Waals surface area contributed by atoms with Crippen LogP contribution in [0, 0.1) is 0 Å². The number of rotatable bonds is 10. The zero-order valence-corrected chi connectivity index (χ0v) is 12.6. The van der Waals surface area contributed by atoms with Gasteiger partial charge in [-0.05, 0) is 20.8 Å². The van der Waals surface area contributed by atoms with Crippen molar-refractivity contribution in [2.45, 2.75) is 38.9 Å². The first-order valence-electron chi connectivity index (χ1n) is 6.49. The van der Waals surface area contributed by atoms with Crippen LogP contribution in [0.3, 0.4) is 0 Å². The molecular weight excluding hydrogens is 252 g/mol. The third-order valence-corrected chi connectivity index (χ3v) is 1.83. The van der Waals surface area contributed by atoms with Crippen LogP contribution >= 0.6 is 0 Å². The predicted molar refractivity (Wildman–Crippen MR) is 73.2 cm³/mol. The number of hydrogen-bond acceptors (Lipinski definition) is 6. The summed E-state index contributed by atoms with van der Waals surface area (Å²) < 4.78 is 14.8. The molecule has 0 saturated carbocycles. The van der Waals surface area contributed by atoms with Gasteiger partial charge in [0.2, 0.25) is 0 Å². The number of hydrogen-bond donors (Lipinski definition) is 3. The molecule has 0 fully saturated rings. The summed E-state index contributed by atoms with van der Waals surface area (Å²) in [5.74, 6) is 0. The summed E-state index contributed by atoms with van der Waals surface area (Å²) in [6.45, 7) is 7.77. The molecular formula is C13H30O6. The first-order valence-corrected chi connectivity index (χ1v) is 6.49. The minimum Gasteiger partial charge on any atom is -0.394 e. The molecule has 0 aromatic carbocycles. The van der Waals surface area contributed by atoms with Gasteiger partial charge in [0.05, 0.1) is 51.3 Å². The van der Waals surface area contributed by atoms with E-state index in [0.717, 1.165) is 0 Å². The highest BCUT2D eigenvalue weighted by Gasteiger charge is 2.14. The van der Waals surface area contributed by atoms with Gasteiger partial charge in [0.25, 0.3) is 0 Å². The second-order valence-corrected chi connectivity index (χ2v) is 4.81. The zero-order valence-electron chi connectivity index (χ0n) is 12.6. The second kappa shape index (κ2) is 14.2. The monoisotopic (exact) mass is 282 g/mol. The Labute approximate surface area is 116 Å². The molecule has 0 aliphatic heterocycles. The van der Waals surface area contributed by atoms with Crippen LogP contribution in [0.2, 0.25) is 0 Å². The van der Waals surface area contributed by atoms with Crippen molar-refractivity contribution < 1.29 is 29.5 Å². The van der Waals surface area contributed by atoms with Crippen molar-refractivity contribution in [3.63, 3.8) is 0 Å². The smallest absolute Gasteiger partial charge is 0.0701 e. The van der Waals surface area contributed by atoms with Gasteiger partial charge in [-0.3, -0.25) is 0 Å². The van der Waals surface area contributed by atoms with Gasteiger partial charge in [-0.2, -0.15) is 0 Å². The predicted octanol–water partition coefficient (Wildman–Crippen LogP) is 0.186. The van der Waals surface area contributed by atoms with E-state index in [0.29, 0.717) is 39.5 Å². The molecule has 0 amide bonds. The highest BCUT2D eigenvalue weighted by Crippen LogP contribution is 2.09. The SMILES string of the molecule is CC(O)CC(C)(C)O.COCCOCCOCCO. The Morgan fingerprint density at radius 3 is 1.79 bits per heavy atom.